The zero-order valence-corrected chi connectivity index (χ0v) is 12.7. The highest BCUT2D eigenvalue weighted by Gasteiger charge is 2.16. The molecule has 0 saturated heterocycles. The van der Waals surface area contributed by atoms with Gasteiger partial charge in [0.25, 0.3) is 5.56 Å². The lowest BCUT2D eigenvalue weighted by molar-refractivity contribution is 0.407. The van der Waals surface area contributed by atoms with Gasteiger partial charge in [-0.3, -0.25) is 4.79 Å². The monoisotopic (exact) mass is 287 g/mol. The van der Waals surface area contributed by atoms with Crippen LogP contribution in [0.5, 0.6) is 5.75 Å². The van der Waals surface area contributed by atoms with Gasteiger partial charge in [0.2, 0.25) is 0 Å². The van der Waals surface area contributed by atoms with Crippen LogP contribution in [0.15, 0.2) is 35.1 Å². The van der Waals surface area contributed by atoms with Crippen LogP contribution in [0, 0.1) is 6.92 Å². The Hall–Kier alpha value is -2.14. The van der Waals surface area contributed by atoms with E-state index in [1.54, 1.807) is 13.2 Å². The molecule has 0 amide bonds. The predicted octanol–water partition coefficient (Wildman–Crippen LogP) is 2.02. The maximum atomic E-state index is 11.7. The third-order valence-corrected chi connectivity index (χ3v) is 3.36. The number of ether oxygens (including phenoxy) is 1. The van der Waals surface area contributed by atoms with Crippen molar-refractivity contribution in [3.63, 3.8) is 0 Å². The number of hydrogen-bond donors (Lipinski definition) is 1. The largest absolute Gasteiger partial charge is 0.496 e. The average Bonchev–Trinajstić information content (AvgIpc) is 2.49. The molecule has 1 aromatic carbocycles. The summed E-state index contributed by atoms with van der Waals surface area (Å²) < 4.78 is 6.82. The molecule has 2 aromatic rings. The first kappa shape index (κ1) is 15.3. The highest BCUT2D eigenvalue weighted by Crippen LogP contribution is 2.28. The van der Waals surface area contributed by atoms with Gasteiger partial charge in [0.1, 0.15) is 5.75 Å². The lowest BCUT2D eigenvalue weighted by Gasteiger charge is -2.17. The van der Waals surface area contributed by atoms with Crippen molar-refractivity contribution in [3.05, 3.63) is 57.5 Å². The normalized spacial score (nSPS) is 12.2. The number of benzene rings is 1. The van der Waals surface area contributed by atoms with Crippen LogP contribution in [-0.2, 0) is 6.54 Å². The van der Waals surface area contributed by atoms with Crippen LogP contribution in [0.25, 0.3) is 0 Å². The molecule has 0 aliphatic carbocycles. The van der Waals surface area contributed by atoms with Crippen LogP contribution in [0.1, 0.15) is 36.2 Å². The van der Waals surface area contributed by atoms with Crippen LogP contribution < -0.4 is 16.0 Å². The Kier molecular flexibility index (Phi) is 4.75. The molecule has 0 aliphatic heterocycles. The quantitative estimate of drug-likeness (QED) is 0.913. The van der Waals surface area contributed by atoms with Gasteiger partial charge in [-0.1, -0.05) is 24.6 Å². The number of aryl methyl sites for hydroxylation is 2. The Morgan fingerprint density at radius 1 is 1.33 bits per heavy atom. The fourth-order valence-electron chi connectivity index (χ4n) is 2.26. The molecule has 0 spiro atoms. The number of rotatable bonds is 5. The third kappa shape index (κ3) is 3.31. The Labute approximate surface area is 124 Å². The summed E-state index contributed by atoms with van der Waals surface area (Å²) in [6.07, 6.45) is 0.847. The van der Waals surface area contributed by atoms with Crippen molar-refractivity contribution in [2.24, 2.45) is 5.73 Å². The van der Waals surface area contributed by atoms with E-state index in [0.29, 0.717) is 12.2 Å². The molecule has 0 aliphatic rings. The summed E-state index contributed by atoms with van der Waals surface area (Å²) in [4.78, 5) is 11.7. The molecular weight excluding hydrogens is 266 g/mol. The number of nitrogens with zero attached hydrogens (tertiary/aromatic N) is 2. The molecule has 112 valence electrons. The topological polar surface area (TPSA) is 70.1 Å². The molecule has 1 atom stereocenters. The lowest BCUT2D eigenvalue weighted by Crippen LogP contribution is -2.26. The molecule has 0 saturated carbocycles. The van der Waals surface area contributed by atoms with Crippen molar-refractivity contribution < 1.29 is 4.74 Å². The standard InChI is InChI=1S/C16H21N3O2/c1-4-9-19-15(20)8-6-13(18-19)16(17)12-10-11(2)5-7-14(12)21-3/h5-8,10,16H,4,9,17H2,1-3H3. The third-order valence-electron chi connectivity index (χ3n) is 3.36. The van der Waals surface area contributed by atoms with E-state index in [-0.39, 0.29) is 5.56 Å². The van der Waals surface area contributed by atoms with Crippen molar-refractivity contribution in [2.45, 2.75) is 32.9 Å². The molecule has 1 heterocycles. The molecule has 0 fully saturated rings. The summed E-state index contributed by atoms with van der Waals surface area (Å²) in [5.74, 6) is 0.725. The fourth-order valence-corrected chi connectivity index (χ4v) is 2.26. The minimum absolute atomic E-state index is 0.107. The van der Waals surface area contributed by atoms with E-state index < -0.39 is 6.04 Å². The van der Waals surface area contributed by atoms with Crippen molar-refractivity contribution in [2.75, 3.05) is 7.11 Å². The van der Waals surface area contributed by atoms with Gasteiger partial charge in [-0.2, -0.15) is 5.10 Å². The second-order valence-electron chi connectivity index (χ2n) is 5.04. The van der Waals surface area contributed by atoms with Crippen molar-refractivity contribution in [1.29, 1.82) is 0 Å². The first-order valence-corrected chi connectivity index (χ1v) is 7.05. The first-order chi connectivity index (χ1) is 10.1. The zero-order chi connectivity index (χ0) is 15.4. The molecule has 0 bridgehead atoms. The number of methoxy groups -OCH3 is 1. The SMILES string of the molecule is CCCn1nc(C(N)c2cc(C)ccc2OC)ccc1=O. The van der Waals surface area contributed by atoms with E-state index >= 15 is 0 Å². The maximum absolute atomic E-state index is 11.7. The van der Waals surface area contributed by atoms with E-state index in [1.807, 2.05) is 32.0 Å². The Morgan fingerprint density at radius 2 is 2.10 bits per heavy atom. The smallest absolute Gasteiger partial charge is 0.266 e. The van der Waals surface area contributed by atoms with Gasteiger partial charge in [-0.15, -0.1) is 0 Å². The molecule has 21 heavy (non-hydrogen) atoms. The van der Waals surface area contributed by atoms with Crippen LogP contribution in [0.2, 0.25) is 0 Å². The summed E-state index contributed by atoms with van der Waals surface area (Å²) >= 11 is 0. The predicted molar refractivity (Wildman–Crippen MR) is 82.5 cm³/mol. The van der Waals surface area contributed by atoms with Crippen LogP contribution in [-0.4, -0.2) is 16.9 Å². The lowest BCUT2D eigenvalue weighted by atomic mass is 10.0. The Morgan fingerprint density at radius 3 is 2.76 bits per heavy atom. The summed E-state index contributed by atoms with van der Waals surface area (Å²) in [6.45, 7) is 4.59. The Bertz CT molecular complexity index is 679. The van der Waals surface area contributed by atoms with E-state index in [2.05, 4.69) is 5.10 Å². The van der Waals surface area contributed by atoms with Gasteiger partial charge in [0, 0.05) is 18.2 Å². The van der Waals surface area contributed by atoms with Crippen molar-refractivity contribution in [3.8, 4) is 5.75 Å². The van der Waals surface area contributed by atoms with E-state index in [0.717, 1.165) is 23.3 Å². The van der Waals surface area contributed by atoms with Gasteiger partial charge in [-0.25, -0.2) is 4.68 Å². The zero-order valence-electron chi connectivity index (χ0n) is 12.7. The average molecular weight is 287 g/mol. The second-order valence-corrected chi connectivity index (χ2v) is 5.04. The van der Waals surface area contributed by atoms with Crippen LogP contribution in [0.3, 0.4) is 0 Å². The highest BCUT2D eigenvalue weighted by molar-refractivity contribution is 5.42. The fraction of sp³-hybridized carbons (Fsp3) is 0.375. The molecule has 2 rings (SSSR count). The van der Waals surface area contributed by atoms with Crippen molar-refractivity contribution >= 4 is 0 Å². The molecule has 2 N–H and O–H groups in total. The molecule has 5 heteroatoms. The van der Waals surface area contributed by atoms with Gasteiger partial charge in [0.05, 0.1) is 18.8 Å². The minimum Gasteiger partial charge on any atom is -0.496 e. The summed E-state index contributed by atoms with van der Waals surface area (Å²) in [5, 5.41) is 4.37. The first-order valence-electron chi connectivity index (χ1n) is 7.05. The van der Waals surface area contributed by atoms with E-state index in [4.69, 9.17) is 10.5 Å². The van der Waals surface area contributed by atoms with Crippen LogP contribution in [0.4, 0.5) is 0 Å². The van der Waals surface area contributed by atoms with Gasteiger partial charge in [0.15, 0.2) is 0 Å². The van der Waals surface area contributed by atoms with E-state index in [1.165, 1.54) is 10.7 Å². The molecular formula is C16H21N3O2. The van der Waals surface area contributed by atoms with E-state index in [9.17, 15) is 4.79 Å². The molecule has 0 radical (unpaired) electrons. The summed E-state index contributed by atoms with van der Waals surface area (Å²) in [5.41, 5.74) is 8.84. The summed E-state index contributed by atoms with van der Waals surface area (Å²) in [6, 6.07) is 8.62. The van der Waals surface area contributed by atoms with Gasteiger partial charge < -0.3 is 10.5 Å². The second kappa shape index (κ2) is 6.54. The molecule has 1 unspecified atom stereocenters. The van der Waals surface area contributed by atoms with Crippen molar-refractivity contribution in [1.82, 2.24) is 9.78 Å². The number of hydrogen-bond acceptors (Lipinski definition) is 4. The van der Waals surface area contributed by atoms with Gasteiger partial charge >= 0.3 is 0 Å². The Balaban J connectivity index is 2.44. The van der Waals surface area contributed by atoms with Gasteiger partial charge in [-0.05, 0) is 25.5 Å². The number of aromatic nitrogens is 2. The minimum atomic E-state index is -0.427. The number of nitrogens with two attached hydrogens (primary N) is 1. The molecule has 5 nitrogen and oxygen atoms in total. The van der Waals surface area contributed by atoms with Crippen LogP contribution >= 0.6 is 0 Å². The maximum Gasteiger partial charge on any atom is 0.266 e. The highest BCUT2D eigenvalue weighted by atomic mass is 16.5. The molecule has 1 aromatic heterocycles. The summed E-state index contributed by atoms with van der Waals surface area (Å²) in [7, 11) is 1.62.